The fraction of sp³-hybridized carbons (Fsp3) is 0.333. The van der Waals surface area contributed by atoms with Crippen LogP contribution in [-0.4, -0.2) is 31.6 Å². The number of benzene rings is 2. The summed E-state index contributed by atoms with van der Waals surface area (Å²) in [7, 11) is 2.24. The van der Waals surface area contributed by atoms with Crippen molar-refractivity contribution in [3.05, 3.63) is 59.7 Å². The van der Waals surface area contributed by atoms with E-state index in [2.05, 4.69) is 72.3 Å². The summed E-state index contributed by atoms with van der Waals surface area (Å²) in [6, 6.07) is 17.9. The minimum atomic E-state index is 0.995. The van der Waals surface area contributed by atoms with Crippen LogP contribution in [0.5, 0.6) is 0 Å². The highest BCUT2D eigenvalue weighted by Gasteiger charge is 2.26. The van der Waals surface area contributed by atoms with Crippen molar-refractivity contribution >= 4 is 22.5 Å². The first-order chi connectivity index (χ1) is 11.3. The summed E-state index contributed by atoms with van der Waals surface area (Å²) in [6.07, 6.45) is 2.27. The third-order valence-electron chi connectivity index (χ3n) is 5.21. The molecule has 0 saturated heterocycles. The fourth-order valence-corrected chi connectivity index (χ4v) is 4.01. The van der Waals surface area contributed by atoms with Crippen LogP contribution in [0.4, 0.5) is 11.4 Å². The van der Waals surface area contributed by atoms with Crippen LogP contribution in [0.3, 0.4) is 0 Å². The summed E-state index contributed by atoms with van der Waals surface area (Å²) in [4.78, 5) is 4.93. The first-order valence-corrected chi connectivity index (χ1v) is 8.66. The Morgan fingerprint density at radius 2 is 1.26 bits per heavy atom. The molecule has 2 heterocycles. The molecule has 2 aromatic carbocycles. The predicted molar refractivity (Wildman–Crippen MR) is 99.1 cm³/mol. The van der Waals surface area contributed by atoms with E-state index in [1.54, 1.807) is 11.1 Å². The third kappa shape index (κ3) is 2.38. The van der Waals surface area contributed by atoms with E-state index >= 15 is 0 Å². The molecule has 0 fully saturated rings. The highest BCUT2D eigenvalue weighted by molar-refractivity contribution is 6.01. The Labute approximate surface area is 139 Å². The Hall–Kier alpha value is -2.06. The van der Waals surface area contributed by atoms with Crippen LogP contribution in [0.25, 0.3) is 11.1 Å². The molecule has 0 aliphatic carbocycles. The summed E-state index contributed by atoms with van der Waals surface area (Å²) >= 11 is 0. The van der Waals surface area contributed by atoms with Crippen LogP contribution in [0.2, 0.25) is 0 Å². The molecule has 0 atom stereocenters. The number of hydrogen-bond donors (Lipinski definition) is 0. The summed E-state index contributed by atoms with van der Waals surface area (Å²) in [5, 5.41) is 0. The smallest absolute Gasteiger partial charge is 0.0487 e. The standard InChI is InChI=1S/C21H24N2/c1-3-23-20-10-6-4-8-18(20)16-12-14-22(2)15-13-17(16)19-9-5-7-11-21(19)23/h4-11H,3,12-15H2,1-2H3. The molecule has 118 valence electrons. The maximum absolute atomic E-state index is 2.48. The highest BCUT2D eigenvalue weighted by Crippen LogP contribution is 2.46. The first-order valence-electron chi connectivity index (χ1n) is 8.66. The number of rotatable bonds is 1. The molecule has 2 heteroatoms. The Balaban J connectivity index is 2.01. The topological polar surface area (TPSA) is 6.48 Å². The van der Waals surface area contributed by atoms with Crippen molar-refractivity contribution in [2.45, 2.75) is 19.8 Å². The molecule has 2 aliphatic heterocycles. The van der Waals surface area contributed by atoms with Crippen LogP contribution in [0, 0.1) is 0 Å². The van der Waals surface area contributed by atoms with Gasteiger partial charge in [0.1, 0.15) is 0 Å². The number of para-hydroxylation sites is 2. The molecule has 0 spiro atoms. The second-order valence-corrected chi connectivity index (χ2v) is 6.54. The third-order valence-corrected chi connectivity index (χ3v) is 5.21. The van der Waals surface area contributed by atoms with Crippen LogP contribution in [-0.2, 0) is 0 Å². The van der Waals surface area contributed by atoms with Crippen molar-refractivity contribution in [1.29, 1.82) is 0 Å². The zero-order valence-corrected chi connectivity index (χ0v) is 14.0. The minimum absolute atomic E-state index is 0.995. The zero-order chi connectivity index (χ0) is 15.8. The van der Waals surface area contributed by atoms with Gasteiger partial charge in [0.2, 0.25) is 0 Å². The van der Waals surface area contributed by atoms with Gasteiger partial charge in [0.25, 0.3) is 0 Å². The monoisotopic (exact) mass is 304 g/mol. The summed E-state index contributed by atoms with van der Waals surface area (Å²) in [5.41, 5.74) is 8.67. The van der Waals surface area contributed by atoms with Gasteiger partial charge in [0, 0.05) is 42.1 Å². The number of fused-ring (bicyclic) bond motifs is 4. The molecule has 0 bridgehead atoms. The van der Waals surface area contributed by atoms with Gasteiger partial charge in [-0.05, 0) is 50.1 Å². The average Bonchev–Trinajstić information content (AvgIpc) is 2.84. The predicted octanol–water partition coefficient (Wildman–Crippen LogP) is 4.79. The van der Waals surface area contributed by atoms with E-state index in [1.807, 2.05) is 0 Å². The van der Waals surface area contributed by atoms with Crippen molar-refractivity contribution in [2.24, 2.45) is 0 Å². The van der Waals surface area contributed by atoms with Crippen molar-refractivity contribution in [3.63, 3.8) is 0 Å². The summed E-state index contributed by atoms with van der Waals surface area (Å²) < 4.78 is 0. The molecule has 0 radical (unpaired) electrons. The second-order valence-electron chi connectivity index (χ2n) is 6.54. The molecule has 4 rings (SSSR count). The van der Waals surface area contributed by atoms with Gasteiger partial charge < -0.3 is 9.80 Å². The molecule has 2 aliphatic rings. The lowest BCUT2D eigenvalue weighted by Gasteiger charge is -2.26. The van der Waals surface area contributed by atoms with Crippen molar-refractivity contribution < 1.29 is 0 Å². The maximum Gasteiger partial charge on any atom is 0.0487 e. The molecule has 2 nitrogen and oxygen atoms in total. The number of hydrogen-bond acceptors (Lipinski definition) is 2. The first kappa shape index (κ1) is 14.5. The number of anilines is 2. The van der Waals surface area contributed by atoms with Crippen LogP contribution < -0.4 is 4.90 Å². The molecular weight excluding hydrogens is 280 g/mol. The SMILES string of the molecule is CCN1c2ccccc2C2=C(CCN(C)CC2)c2ccccc21. The van der Waals surface area contributed by atoms with Crippen LogP contribution in [0.1, 0.15) is 30.9 Å². The van der Waals surface area contributed by atoms with E-state index in [1.165, 1.54) is 22.5 Å². The van der Waals surface area contributed by atoms with Crippen LogP contribution >= 0.6 is 0 Å². The fourth-order valence-electron chi connectivity index (χ4n) is 4.01. The second kappa shape index (κ2) is 5.86. The lowest BCUT2D eigenvalue weighted by molar-refractivity contribution is 0.356. The van der Waals surface area contributed by atoms with Gasteiger partial charge in [-0.15, -0.1) is 0 Å². The highest BCUT2D eigenvalue weighted by atomic mass is 15.1. The molecule has 23 heavy (non-hydrogen) atoms. The van der Waals surface area contributed by atoms with E-state index in [0.29, 0.717) is 0 Å². The maximum atomic E-state index is 2.48. The van der Waals surface area contributed by atoms with E-state index in [9.17, 15) is 0 Å². The van der Waals surface area contributed by atoms with Gasteiger partial charge in [-0.25, -0.2) is 0 Å². The quantitative estimate of drug-likeness (QED) is 0.747. The van der Waals surface area contributed by atoms with Gasteiger partial charge in [-0.2, -0.15) is 0 Å². The molecule has 0 amide bonds. The molecule has 0 aromatic heterocycles. The minimum Gasteiger partial charge on any atom is -0.341 e. The van der Waals surface area contributed by atoms with Crippen molar-refractivity contribution in [1.82, 2.24) is 4.90 Å². The molecule has 0 saturated carbocycles. The molecule has 0 N–H and O–H groups in total. The van der Waals surface area contributed by atoms with Gasteiger partial charge in [0.05, 0.1) is 0 Å². The Bertz CT molecular complexity index is 698. The van der Waals surface area contributed by atoms with Gasteiger partial charge in [-0.1, -0.05) is 36.4 Å². The molecule has 0 unspecified atom stereocenters. The van der Waals surface area contributed by atoms with Gasteiger partial charge in [0.15, 0.2) is 0 Å². The van der Waals surface area contributed by atoms with Gasteiger partial charge >= 0.3 is 0 Å². The zero-order valence-electron chi connectivity index (χ0n) is 14.0. The normalized spacial score (nSPS) is 17.9. The largest absolute Gasteiger partial charge is 0.341 e. The van der Waals surface area contributed by atoms with Gasteiger partial charge in [-0.3, -0.25) is 0 Å². The molecular formula is C21H24N2. The van der Waals surface area contributed by atoms with E-state index in [0.717, 1.165) is 32.5 Å². The Kier molecular flexibility index (Phi) is 3.70. The summed E-state index contributed by atoms with van der Waals surface area (Å²) in [6.45, 7) is 5.52. The van der Waals surface area contributed by atoms with E-state index in [-0.39, 0.29) is 0 Å². The lowest BCUT2D eigenvalue weighted by atomic mass is 9.91. The van der Waals surface area contributed by atoms with E-state index < -0.39 is 0 Å². The lowest BCUT2D eigenvalue weighted by Crippen LogP contribution is -2.20. The van der Waals surface area contributed by atoms with Crippen molar-refractivity contribution in [2.75, 3.05) is 31.6 Å². The number of nitrogens with zero attached hydrogens (tertiary/aromatic N) is 2. The Morgan fingerprint density at radius 1 is 0.783 bits per heavy atom. The van der Waals surface area contributed by atoms with Crippen molar-refractivity contribution in [3.8, 4) is 0 Å². The molecule has 2 aromatic rings. The summed E-state index contributed by atoms with van der Waals surface area (Å²) in [5.74, 6) is 0. The Morgan fingerprint density at radius 3 is 1.74 bits per heavy atom. The average molecular weight is 304 g/mol. The van der Waals surface area contributed by atoms with Crippen LogP contribution in [0.15, 0.2) is 48.5 Å². The van der Waals surface area contributed by atoms with E-state index in [4.69, 9.17) is 0 Å².